The lowest BCUT2D eigenvalue weighted by molar-refractivity contribution is -0.115. The first-order valence-corrected chi connectivity index (χ1v) is 9.04. The van der Waals surface area contributed by atoms with Crippen molar-refractivity contribution in [2.75, 3.05) is 17.7 Å². The number of thiazole rings is 1. The lowest BCUT2D eigenvalue weighted by atomic mass is 9.91. The topological polar surface area (TPSA) is 33.2 Å². The SMILES string of the molecule is CN(C(=O)CS[C@H]1CCCc2ccccc21)c1nccs1. The van der Waals surface area contributed by atoms with E-state index >= 15 is 0 Å². The van der Waals surface area contributed by atoms with E-state index in [2.05, 4.69) is 29.2 Å². The number of amides is 1. The number of benzene rings is 1. The Hall–Kier alpha value is -1.33. The summed E-state index contributed by atoms with van der Waals surface area (Å²) in [4.78, 5) is 18.1. The quantitative estimate of drug-likeness (QED) is 0.857. The van der Waals surface area contributed by atoms with Gasteiger partial charge in [0.1, 0.15) is 0 Å². The Morgan fingerprint density at radius 2 is 2.33 bits per heavy atom. The summed E-state index contributed by atoms with van der Waals surface area (Å²) in [7, 11) is 1.80. The van der Waals surface area contributed by atoms with Crippen molar-refractivity contribution in [2.45, 2.75) is 24.5 Å². The number of thioether (sulfide) groups is 1. The van der Waals surface area contributed by atoms with Crippen molar-refractivity contribution in [1.29, 1.82) is 0 Å². The Balaban J connectivity index is 1.62. The molecule has 1 aromatic heterocycles. The maximum atomic E-state index is 12.3. The lowest BCUT2D eigenvalue weighted by Gasteiger charge is -2.25. The molecule has 2 aromatic rings. The van der Waals surface area contributed by atoms with Crippen LogP contribution in [0.5, 0.6) is 0 Å². The van der Waals surface area contributed by atoms with E-state index in [1.807, 2.05) is 5.38 Å². The summed E-state index contributed by atoms with van der Waals surface area (Å²) in [5.41, 5.74) is 2.86. The molecule has 1 aliphatic carbocycles. The largest absolute Gasteiger partial charge is 0.291 e. The number of aromatic nitrogens is 1. The van der Waals surface area contributed by atoms with Gasteiger partial charge in [0, 0.05) is 23.9 Å². The second-order valence-corrected chi connectivity index (χ2v) is 7.22. The predicted octanol–water partition coefficient (Wildman–Crippen LogP) is 3.92. The Labute approximate surface area is 133 Å². The van der Waals surface area contributed by atoms with Crippen LogP contribution < -0.4 is 4.90 Å². The number of hydrogen-bond acceptors (Lipinski definition) is 4. The van der Waals surface area contributed by atoms with Gasteiger partial charge in [0.15, 0.2) is 5.13 Å². The molecule has 0 N–H and O–H groups in total. The molecule has 110 valence electrons. The number of anilines is 1. The van der Waals surface area contributed by atoms with Gasteiger partial charge >= 0.3 is 0 Å². The summed E-state index contributed by atoms with van der Waals surface area (Å²) >= 11 is 3.25. The summed E-state index contributed by atoms with van der Waals surface area (Å²) in [6, 6.07) is 8.63. The van der Waals surface area contributed by atoms with Gasteiger partial charge in [-0.05, 0) is 30.4 Å². The van der Waals surface area contributed by atoms with Crippen LogP contribution in [0, 0.1) is 0 Å². The molecule has 0 saturated heterocycles. The van der Waals surface area contributed by atoms with Crippen LogP contribution in [0.25, 0.3) is 0 Å². The van der Waals surface area contributed by atoms with Gasteiger partial charge in [-0.15, -0.1) is 23.1 Å². The fourth-order valence-electron chi connectivity index (χ4n) is 2.64. The van der Waals surface area contributed by atoms with Crippen LogP contribution in [0.2, 0.25) is 0 Å². The van der Waals surface area contributed by atoms with Crippen LogP contribution in [0.3, 0.4) is 0 Å². The molecule has 0 bridgehead atoms. The van der Waals surface area contributed by atoms with E-state index in [9.17, 15) is 4.79 Å². The summed E-state index contributed by atoms with van der Waals surface area (Å²) in [5, 5.41) is 3.11. The standard InChI is InChI=1S/C16H18N2OS2/c1-18(16-17-9-10-20-16)15(19)11-21-14-8-4-6-12-5-2-3-7-13(12)14/h2-3,5,7,9-10,14H,4,6,8,11H2,1H3/t14-/m0/s1. The number of fused-ring (bicyclic) bond motifs is 1. The number of aryl methyl sites for hydroxylation is 1. The molecule has 1 heterocycles. The van der Waals surface area contributed by atoms with Crippen LogP contribution in [-0.4, -0.2) is 23.7 Å². The van der Waals surface area contributed by atoms with Crippen molar-refractivity contribution in [1.82, 2.24) is 4.98 Å². The second kappa shape index (κ2) is 6.62. The van der Waals surface area contributed by atoms with Crippen molar-refractivity contribution in [3.63, 3.8) is 0 Å². The first kappa shape index (κ1) is 14.6. The van der Waals surface area contributed by atoms with Crippen molar-refractivity contribution in [3.05, 3.63) is 47.0 Å². The normalized spacial score (nSPS) is 17.3. The van der Waals surface area contributed by atoms with Crippen LogP contribution in [0.15, 0.2) is 35.8 Å². The Bertz CT molecular complexity index is 612. The minimum Gasteiger partial charge on any atom is -0.291 e. The summed E-state index contributed by atoms with van der Waals surface area (Å²) in [6.45, 7) is 0. The highest BCUT2D eigenvalue weighted by molar-refractivity contribution is 8.00. The Kier molecular flexibility index (Phi) is 4.60. The second-order valence-electron chi connectivity index (χ2n) is 5.16. The molecule has 5 heteroatoms. The molecule has 1 aromatic carbocycles. The first-order chi connectivity index (χ1) is 10.3. The van der Waals surface area contributed by atoms with Gasteiger partial charge in [-0.25, -0.2) is 4.98 Å². The van der Waals surface area contributed by atoms with Crippen molar-refractivity contribution in [2.24, 2.45) is 0 Å². The molecule has 0 unspecified atom stereocenters. The van der Waals surface area contributed by atoms with Gasteiger partial charge in [0.25, 0.3) is 0 Å². The highest BCUT2D eigenvalue weighted by atomic mass is 32.2. The third-order valence-corrected chi connectivity index (χ3v) is 5.96. The molecular formula is C16H18N2OS2. The van der Waals surface area contributed by atoms with E-state index in [1.165, 1.54) is 35.3 Å². The summed E-state index contributed by atoms with van der Waals surface area (Å²) < 4.78 is 0. The maximum Gasteiger partial charge on any atom is 0.238 e. The maximum absolute atomic E-state index is 12.3. The predicted molar refractivity (Wildman–Crippen MR) is 90.1 cm³/mol. The van der Waals surface area contributed by atoms with Gasteiger partial charge in [-0.1, -0.05) is 24.3 Å². The molecule has 1 aliphatic rings. The number of hydrogen-bond donors (Lipinski definition) is 0. The average molecular weight is 318 g/mol. The van der Waals surface area contributed by atoms with Gasteiger partial charge in [0.05, 0.1) is 5.75 Å². The molecule has 0 radical (unpaired) electrons. The number of nitrogens with zero attached hydrogens (tertiary/aromatic N) is 2. The summed E-state index contributed by atoms with van der Waals surface area (Å²) in [5.74, 6) is 0.632. The third-order valence-electron chi connectivity index (χ3n) is 3.80. The van der Waals surface area contributed by atoms with E-state index in [0.717, 1.165) is 11.6 Å². The zero-order valence-electron chi connectivity index (χ0n) is 12.0. The molecule has 3 rings (SSSR count). The molecule has 21 heavy (non-hydrogen) atoms. The van der Waals surface area contributed by atoms with Crippen molar-refractivity contribution >= 4 is 34.1 Å². The van der Waals surface area contributed by atoms with Gasteiger partial charge in [-0.3, -0.25) is 9.69 Å². The van der Waals surface area contributed by atoms with Gasteiger partial charge in [-0.2, -0.15) is 0 Å². The van der Waals surface area contributed by atoms with E-state index in [0.29, 0.717) is 11.0 Å². The highest BCUT2D eigenvalue weighted by Gasteiger charge is 2.22. The number of carbonyl (C=O) groups excluding carboxylic acids is 1. The van der Waals surface area contributed by atoms with E-state index in [-0.39, 0.29) is 5.91 Å². The van der Waals surface area contributed by atoms with E-state index < -0.39 is 0 Å². The smallest absolute Gasteiger partial charge is 0.238 e. The lowest BCUT2D eigenvalue weighted by Crippen LogP contribution is -2.28. The van der Waals surface area contributed by atoms with Crippen molar-refractivity contribution < 1.29 is 4.79 Å². The first-order valence-electron chi connectivity index (χ1n) is 7.11. The summed E-state index contributed by atoms with van der Waals surface area (Å²) in [6.07, 6.45) is 5.27. The zero-order chi connectivity index (χ0) is 14.7. The van der Waals surface area contributed by atoms with Crippen LogP contribution in [0.1, 0.15) is 29.2 Å². The molecule has 0 spiro atoms. The minimum absolute atomic E-state index is 0.123. The fraction of sp³-hybridized carbons (Fsp3) is 0.375. The number of carbonyl (C=O) groups is 1. The number of rotatable bonds is 4. The molecule has 1 amide bonds. The highest BCUT2D eigenvalue weighted by Crippen LogP contribution is 2.39. The third kappa shape index (κ3) is 3.30. The Morgan fingerprint density at radius 1 is 1.48 bits per heavy atom. The molecule has 0 aliphatic heterocycles. The fourth-order valence-corrected chi connectivity index (χ4v) is 4.54. The van der Waals surface area contributed by atoms with Crippen molar-refractivity contribution in [3.8, 4) is 0 Å². The van der Waals surface area contributed by atoms with Crippen LogP contribution in [-0.2, 0) is 11.2 Å². The Morgan fingerprint density at radius 3 is 3.14 bits per heavy atom. The molecule has 0 fully saturated rings. The van der Waals surface area contributed by atoms with Crippen LogP contribution in [0.4, 0.5) is 5.13 Å². The molecule has 3 nitrogen and oxygen atoms in total. The van der Waals surface area contributed by atoms with E-state index in [1.54, 1.807) is 29.9 Å². The monoisotopic (exact) mass is 318 g/mol. The van der Waals surface area contributed by atoms with Gasteiger partial charge in [0.2, 0.25) is 5.91 Å². The minimum atomic E-state index is 0.123. The molecule has 0 saturated carbocycles. The van der Waals surface area contributed by atoms with Crippen LogP contribution >= 0.6 is 23.1 Å². The van der Waals surface area contributed by atoms with E-state index in [4.69, 9.17) is 0 Å². The molecule has 1 atom stereocenters. The van der Waals surface area contributed by atoms with Gasteiger partial charge < -0.3 is 0 Å². The zero-order valence-corrected chi connectivity index (χ0v) is 13.6. The molecular weight excluding hydrogens is 300 g/mol. The average Bonchev–Trinajstić information content (AvgIpc) is 3.06.